The molecule has 1 aromatic rings. The molecule has 0 saturated heterocycles. The summed E-state index contributed by atoms with van der Waals surface area (Å²) in [4.78, 5) is 22.2. The minimum Gasteiger partial charge on any atom is -0.497 e. The molecule has 1 aromatic carbocycles. The predicted octanol–water partition coefficient (Wildman–Crippen LogP) is 3.15. The van der Waals surface area contributed by atoms with E-state index in [0.29, 0.717) is 19.4 Å². The van der Waals surface area contributed by atoms with Gasteiger partial charge in [0.05, 0.1) is 13.5 Å². The first-order chi connectivity index (χ1) is 10.5. The first-order valence-electron chi connectivity index (χ1n) is 7.34. The van der Waals surface area contributed by atoms with Gasteiger partial charge in [-0.1, -0.05) is 28.8 Å². The summed E-state index contributed by atoms with van der Waals surface area (Å²) in [6, 6.07) is 5.54. The number of hydrogen-bond acceptors (Lipinski definition) is 3. The van der Waals surface area contributed by atoms with Crippen LogP contribution in [0.2, 0.25) is 0 Å². The Labute approximate surface area is 139 Å². The highest BCUT2D eigenvalue weighted by molar-refractivity contribution is 9.10. The van der Waals surface area contributed by atoms with Crippen molar-refractivity contribution in [2.45, 2.75) is 38.5 Å². The van der Waals surface area contributed by atoms with E-state index in [1.807, 2.05) is 18.2 Å². The Kier molecular flexibility index (Phi) is 8.58. The summed E-state index contributed by atoms with van der Waals surface area (Å²) < 4.78 is 6.04. The SMILES string of the molecule is COc1ccc(Br)c(CC(=O)NCCCCCCC(=O)O)c1. The lowest BCUT2D eigenvalue weighted by atomic mass is 10.1. The zero-order valence-corrected chi connectivity index (χ0v) is 14.3. The van der Waals surface area contributed by atoms with Crippen molar-refractivity contribution in [1.82, 2.24) is 5.32 Å². The van der Waals surface area contributed by atoms with Crippen LogP contribution in [0.3, 0.4) is 0 Å². The Hall–Kier alpha value is -1.56. The van der Waals surface area contributed by atoms with Crippen LogP contribution in [0.1, 0.15) is 37.7 Å². The quantitative estimate of drug-likeness (QED) is 0.619. The van der Waals surface area contributed by atoms with Crippen LogP contribution in [0.4, 0.5) is 0 Å². The number of carboxylic acid groups (broad SMARTS) is 1. The molecule has 0 radical (unpaired) electrons. The highest BCUT2D eigenvalue weighted by Gasteiger charge is 2.08. The van der Waals surface area contributed by atoms with Crippen molar-refractivity contribution < 1.29 is 19.4 Å². The van der Waals surface area contributed by atoms with Gasteiger partial charge in [0.25, 0.3) is 0 Å². The molecule has 0 aromatic heterocycles. The monoisotopic (exact) mass is 371 g/mol. The smallest absolute Gasteiger partial charge is 0.303 e. The summed E-state index contributed by atoms with van der Waals surface area (Å²) in [7, 11) is 1.59. The van der Waals surface area contributed by atoms with Gasteiger partial charge in [-0.2, -0.15) is 0 Å². The van der Waals surface area contributed by atoms with Crippen LogP contribution in [-0.2, 0) is 16.0 Å². The molecular formula is C16H22BrNO4. The molecule has 0 heterocycles. The van der Waals surface area contributed by atoms with Crippen LogP contribution in [-0.4, -0.2) is 30.6 Å². The Bertz CT molecular complexity index is 505. The number of nitrogens with one attached hydrogen (secondary N) is 1. The van der Waals surface area contributed by atoms with E-state index in [4.69, 9.17) is 9.84 Å². The number of halogens is 1. The van der Waals surface area contributed by atoms with Crippen molar-refractivity contribution in [3.8, 4) is 5.75 Å². The molecule has 2 N–H and O–H groups in total. The van der Waals surface area contributed by atoms with Crippen molar-refractivity contribution >= 4 is 27.8 Å². The van der Waals surface area contributed by atoms with Crippen LogP contribution in [0.25, 0.3) is 0 Å². The minimum atomic E-state index is -0.753. The van der Waals surface area contributed by atoms with Crippen molar-refractivity contribution in [2.24, 2.45) is 0 Å². The molecule has 0 spiro atoms. The predicted molar refractivity (Wildman–Crippen MR) is 88.1 cm³/mol. The molecule has 122 valence electrons. The van der Waals surface area contributed by atoms with Gasteiger partial charge < -0.3 is 15.2 Å². The van der Waals surface area contributed by atoms with E-state index >= 15 is 0 Å². The fraction of sp³-hybridized carbons (Fsp3) is 0.500. The van der Waals surface area contributed by atoms with Crippen molar-refractivity contribution in [3.05, 3.63) is 28.2 Å². The van der Waals surface area contributed by atoms with E-state index in [2.05, 4.69) is 21.2 Å². The van der Waals surface area contributed by atoms with Crippen molar-refractivity contribution in [2.75, 3.05) is 13.7 Å². The van der Waals surface area contributed by atoms with Gasteiger partial charge in [-0.15, -0.1) is 0 Å². The standard InChI is InChI=1S/C16H22BrNO4/c1-22-13-7-8-14(17)12(10-13)11-15(19)18-9-5-3-2-4-6-16(20)21/h7-8,10H,2-6,9,11H2,1H3,(H,18,19)(H,20,21). The molecule has 22 heavy (non-hydrogen) atoms. The van der Waals surface area contributed by atoms with Gasteiger partial charge in [0, 0.05) is 17.4 Å². The summed E-state index contributed by atoms with van der Waals surface area (Å²) in [5.41, 5.74) is 0.887. The van der Waals surface area contributed by atoms with Gasteiger partial charge >= 0.3 is 5.97 Å². The number of hydrogen-bond donors (Lipinski definition) is 2. The molecular weight excluding hydrogens is 350 g/mol. The van der Waals surface area contributed by atoms with Gasteiger partial charge in [-0.05, 0) is 36.6 Å². The van der Waals surface area contributed by atoms with Crippen LogP contribution in [0.15, 0.2) is 22.7 Å². The van der Waals surface area contributed by atoms with Crippen LogP contribution < -0.4 is 10.1 Å². The van der Waals surface area contributed by atoms with Gasteiger partial charge in [-0.3, -0.25) is 9.59 Å². The van der Waals surface area contributed by atoms with E-state index in [1.54, 1.807) is 7.11 Å². The van der Waals surface area contributed by atoms with E-state index in [0.717, 1.165) is 35.0 Å². The summed E-state index contributed by atoms with van der Waals surface area (Å²) in [5, 5.41) is 11.4. The molecule has 6 heteroatoms. The summed E-state index contributed by atoms with van der Waals surface area (Å²) in [5.74, 6) is -0.0545. The first-order valence-corrected chi connectivity index (χ1v) is 8.13. The second-order valence-corrected chi connectivity index (χ2v) is 5.90. The maximum Gasteiger partial charge on any atom is 0.303 e. The van der Waals surface area contributed by atoms with Crippen molar-refractivity contribution in [3.63, 3.8) is 0 Å². The molecule has 0 saturated carbocycles. The minimum absolute atomic E-state index is 0.0283. The van der Waals surface area contributed by atoms with E-state index in [-0.39, 0.29) is 12.3 Å². The van der Waals surface area contributed by atoms with Gasteiger partial charge in [0.15, 0.2) is 0 Å². The highest BCUT2D eigenvalue weighted by Crippen LogP contribution is 2.22. The second kappa shape index (κ2) is 10.2. The fourth-order valence-corrected chi connectivity index (χ4v) is 2.42. The lowest BCUT2D eigenvalue weighted by Gasteiger charge is -2.08. The number of methoxy groups -OCH3 is 1. The van der Waals surface area contributed by atoms with E-state index in [1.165, 1.54) is 0 Å². The molecule has 5 nitrogen and oxygen atoms in total. The molecule has 0 bridgehead atoms. The molecule has 0 aliphatic carbocycles. The Balaban J connectivity index is 2.22. The number of benzene rings is 1. The maximum absolute atomic E-state index is 11.9. The summed E-state index contributed by atoms with van der Waals surface area (Å²) in [6.45, 7) is 0.619. The largest absolute Gasteiger partial charge is 0.497 e. The second-order valence-electron chi connectivity index (χ2n) is 5.04. The molecule has 0 atom stereocenters. The number of aliphatic carboxylic acids is 1. The van der Waals surface area contributed by atoms with Crippen molar-refractivity contribution in [1.29, 1.82) is 0 Å². The average Bonchev–Trinajstić information content (AvgIpc) is 2.48. The number of ether oxygens (including phenoxy) is 1. The van der Waals surface area contributed by atoms with E-state index < -0.39 is 5.97 Å². The molecule has 0 fully saturated rings. The number of carbonyl (C=O) groups is 2. The van der Waals surface area contributed by atoms with Crippen LogP contribution in [0, 0.1) is 0 Å². The molecule has 0 unspecified atom stereocenters. The third-order valence-corrected chi connectivity index (χ3v) is 4.02. The highest BCUT2D eigenvalue weighted by atomic mass is 79.9. The normalized spacial score (nSPS) is 10.3. The third kappa shape index (κ3) is 7.45. The van der Waals surface area contributed by atoms with Crippen LogP contribution >= 0.6 is 15.9 Å². The van der Waals surface area contributed by atoms with Gasteiger partial charge in [-0.25, -0.2) is 0 Å². The Morgan fingerprint density at radius 1 is 1.23 bits per heavy atom. The number of unbranched alkanes of at least 4 members (excludes halogenated alkanes) is 3. The number of carboxylic acids is 1. The zero-order valence-electron chi connectivity index (χ0n) is 12.7. The first kappa shape index (κ1) is 18.5. The Morgan fingerprint density at radius 2 is 1.95 bits per heavy atom. The van der Waals surface area contributed by atoms with Crippen LogP contribution in [0.5, 0.6) is 5.75 Å². The third-order valence-electron chi connectivity index (χ3n) is 3.24. The lowest BCUT2D eigenvalue weighted by molar-refractivity contribution is -0.137. The topological polar surface area (TPSA) is 75.6 Å². The molecule has 1 amide bonds. The molecule has 1 rings (SSSR count). The van der Waals surface area contributed by atoms with Gasteiger partial charge in [0.2, 0.25) is 5.91 Å². The fourth-order valence-electron chi connectivity index (χ4n) is 2.03. The number of amides is 1. The number of carbonyl (C=O) groups excluding carboxylic acids is 1. The molecule has 0 aliphatic rings. The average molecular weight is 372 g/mol. The van der Waals surface area contributed by atoms with Gasteiger partial charge in [0.1, 0.15) is 5.75 Å². The summed E-state index contributed by atoms with van der Waals surface area (Å²) >= 11 is 3.43. The summed E-state index contributed by atoms with van der Waals surface area (Å²) in [6.07, 6.45) is 3.89. The zero-order chi connectivity index (χ0) is 16.4. The lowest BCUT2D eigenvalue weighted by Crippen LogP contribution is -2.26. The van der Waals surface area contributed by atoms with E-state index in [9.17, 15) is 9.59 Å². The Morgan fingerprint density at radius 3 is 2.64 bits per heavy atom. The maximum atomic E-state index is 11.9. The molecule has 0 aliphatic heterocycles. The number of rotatable bonds is 10.